The first kappa shape index (κ1) is 29.2. The van der Waals surface area contributed by atoms with Crippen LogP contribution in [0.1, 0.15) is 128 Å². The number of hydrogen-bond donors (Lipinski definition) is 1. The first-order valence-electron chi connectivity index (χ1n) is 16.6. The molecule has 218 valence electrons. The van der Waals surface area contributed by atoms with Gasteiger partial charge in [-0.05, 0) is 128 Å². The zero-order valence-corrected chi connectivity index (χ0v) is 25.6. The van der Waals surface area contributed by atoms with Gasteiger partial charge in [-0.25, -0.2) is 4.79 Å². The maximum atomic E-state index is 13.1. The summed E-state index contributed by atoms with van der Waals surface area (Å²) in [4.78, 5) is 13.1. The molecule has 0 amide bonds. The van der Waals surface area contributed by atoms with Crippen molar-refractivity contribution < 1.29 is 14.6 Å². The third kappa shape index (κ3) is 5.60. The van der Waals surface area contributed by atoms with Crippen LogP contribution in [0.4, 0.5) is 0 Å². The Hall–Kier alpha value is -1.35. The minimum Gasteiger partial charge on any atom is -0.459 e. The van der Waals surface area contributed by atoms with Crippen LogP contribution < -0.4 is 0 Å². The molecule has 0 spiro atoms. The van der Waals surface area contributed by atoms with E-state index in [1.165, 1.54) is 64.2 Å². The van der Waals surface area contributed by atoms with E-state index in [1.807, 2.05) is 24.3 Å². The van der Waals surface area contributed by atoms with Crippen molar-refractivity contribution in [3.63, 3.8) is 0 Å². The number of fused-ring (bicyclic) bond motifs is 5. The van der Waals surface area contributed by atoms with Gasteiger partial charge >= 0.3 is 5.97 Å². The Morgan fingerprint density at radius 3 is 2.46 bits per heavy atom. The SMILES string of the molecule is CC(C)CCC[C@@H](C)[C@H]1CC[C@H]2[C@@H]3CC[C@H]4C[C@@H](OC(=O)c5ccccc5CCO)CC[C@]4(C)[C@H]3CC[C@]12C. The Bertz CT molecular complexity index is 985. The van der Waals surface area contributed by atoms with Crippen molar-refractivity contribution in [1.29, 1.82) is 0 Å². The lowest BCUT2D eigenvalue weighted by atomic mass is 9.44. The maximum absolute atomic E-state index is 13.1. The van der Waals surface area contributed by atoms with Gasteiger partial charge in [0, 0.05) is 6.61 Å². The van der Waals surface area contributed by atoms with E-state index >= 15 is 0 Å². The summed E-state index contributed by atoms with van der Waals surface area (Å²) in [5.74, 6) is 5.78. The molecule has 5 rings (SSSR count). The highest BCUT2D eigenvalue weighted by atomic mass is 16.5. The third-order valence-electron chi connectivity index (χ3n) is 12.7. The standard InChI is InChI=1S/C36H56O3/c1-24(2)9-8-10-25(3)31-15-16-32-30-14-13-27-23-28(17-20-35(27,4)33(30)18-21-36(31,32)5)39-34(38)29-12-7-6-11-26(29)19-22-37/h6-7,11-12,24-25,27-28,30-33,37H,8-10,13-23H2,1-5H3/t25-,27+,28+,30+,31-,32+,33+,35+,36-/m1/s1. The van der Waals surface area contributed by atoms with Gasteiger partial charge < -0.3 is 9.84 Å². The molecule has 39 heavy (non-hydrogen) atoms. The molecule has 1 aromatic carbocycles. The summed E-state index contributed by atoms with van der Waals surface area (Å²) < 4.78 is 6.15. The highest BCUT2D eigenvalue weighted by molar-refractivity contribution is 5.91. The summed E-state index contributed by atoms with van der Waals surface area (Å²) in [6.45, 7) is 12.7. The van der Waals surface area contributed by atoms with E-state index in [1.54, 1.807) is 0 Å². The van der Waals surface area contributed by atoms with E-state index in [4.69, 9.17) is 4.74 Å². The van der Waals surface area contributed by atoms with E-state index < -0.39 is 0 Å². The second-order valence-corrected chi connectivity index (χ2v) is 15.1. The molecule has 0 aromatic heterocycles. The van der Waals surface area contributed by atoms with Gasteiger partial charge in [-0.2, -0.15) is 0 Å². The van der Waals surface area contributed by atoms with Gasteiger partial charge in [0.25, 0.3) is 0 Å². The summed E-state index contributed by atoms with van der Waals surface area (Å²) >= 11 is 0. The predicted octanol–water partition coefficient (Wildman–Crippen LogP) is 8.87. The molecule has 4 fully saturated rings. The molecule has 3 nitrogen and oxygen atoms in total. The molecule has 1 aromatic rings. The minimum atomic E-state index is -0.200. The van der Waals surface area contributed by atoms with Crippen molar-refractivity contribution in [2.75, 3.05) is 6.61 Å². The van der Waals surface area contributed by atoms with Crippen molar-refractivity contribution >= 4 is 5.97 Å². The third-order valence-corrected chi connectivity index (χ3v) is 12.7. The van der Waals surface area contributed by atoms with E-state index in [9.17, 15) is 9.90 Å². The Morgan fingerprint density at radius 1 is 0.949 bits per heavy atom. The summed E-state index contributed by atoms with van der Waals surface area (Å²) in [6, 6.07) is 7.61. The van der Waals surface area contributed by atoms with E-state index in [-0.39, 0.29) is 18.7 Å². The number of carbonyl (C=O) groups is 1. The smallest absolute Gasteiger partial charge is 0.338 e. The van der Waals surface area contributed by atoms with Crippen molar-refractivity contribution in [2.24, 2.45) is 52.3 Å². The molecule has 9 atom stereocenters. The van der Waals surface area contributed by atoms with Gasteiger partial charge in [-0.15, -0.1) is 0 Å². The number of benzene rings is 1. The number of esters is 1. The van der Waals surface area contributed by atoms with Crippen LogP contribution in [0.5, 0.6) is 0 Å². The number of rotatable bonds is 9. The van der Waals surface area contributed by atoms with Crippen LogP contribution in [-0.2, 0) is 11.2 Å². The average molecular weight is 537 g/mol. The molecule has 4 aliphatic rings. The highest BCUT2D eigenvalue weighted by Gasteiger charge is 2.60. The van der Waals surface area contributed by atoms with Crippen LogP contribution >= 0.6 is 0 Å². The van der Waals surface area contributed by atoms with Gasteiger partial charge in [0.1, 0.15) is 6.10 Å². The molecule has 0 heterocycles. The van der Waals surface area contributed by atoms with Crippen molar-refractivity contribution in [2.45, 2.75) is 124 Å². The fourth-order valence-corrected chi connectivity index (χ4v) is 10.6. The van der Waals surface area contributed by atoms with Crippen LogP contribution in [-0.4, -0.2) is 23.8 Å². The van der Waals surface area contributed by atoms with Gasteiger partial charge in [0.15, 0.2) is 0 Å². The lowest BCUT2D eigenvalue weighted by Gasteiger charge is -2.61. The van der Waals surface area contributed by atoms with Crippen LogP contribution in [0, 0.1) is 52.3 Å². The number of aliphatic hydroxyl groups is 1. The van der Waals surface area contributed by atoms with Gasteiger partial charge in [0.05, 0.1) is 5.56 Å². The Kier molecular flexibility index (Phi) is 8.87. The molecule has 0 bridgehead atoms. The summed E-state index contributed by atoms with van der Waals surface area (Å²) in [7, 11) is 0. The quantitative estimate of drug-likeness (QED) is 0.321. The monoisotopic (exact) mass is 536 g/mol. The molecule has 0 saturated heterocycles. The van der Waals surface area contributed by atoms with E-state index in [2.05, 4.69) is 34.6 Å². The Morgan fingerprint density at radius 2 is 1.69 bits per heavy atom. The number of hydrogen-bond acceptors (Lipinski definition) is 3. The van der Waals surface area contributed by atoms with Crippen LogP contribution in [0.3, 0.4) is 0 Å². The fraction of sp³-hybridized carbons (Fsp3) is 0.806. The highest BCUT2D eigenvalue weighted by Crippen LogP contribution is 2.68. The first-order valence-corrected chi connectivity index (χ1v) is 16.6. The first-order chi connectivity index (χ1) is 18.7. The van der Waals surface area contributed by atoms with Gasteiger partial charge in [0.2, 0.25) is 0 Å². The van der Waals surface area contributed by atoms with Crippen LogP contribution in [0.15, 0.2) is 24.3 Å². The average Bonchev–Trinajstić information content (AvgIpc) is 3.26. The molecule has 0 radical (unpaired) electrons. The lowest BCUT2D eigenvalue weighted by molar-refractivity contribution is -0.130. The zero-order chi connectivity index (χ0) is 27.8. The summed E-state index contributed by atoms with van der Waals surface area (Å²) in [6.07, 6.45) is 16.4. The van der Waals surface area contributed by atoms with Crippen LogP contribution in [0.2, 0.25) is 0 Å². The summed E-state index contributed by atoms with van der Waals surface area (Å²) in [5, 5.41) is 9.41. The van der Waals surface area contributed by atoms with Crippen LogP contribution in [0.25, 0.3) is 0 Å². The topological polar surface area (TPSA) is 46.5 Å². The van der Waals surface area contributed by atoms with Gasteiger partial charge in [-0.3, -0.25) is 0 Å². The van der Waals surface area contributed by atoms with Crippen molar-refractivity contribution in [3.05, 3.63) is 35.4 Å². The summed E-state index contributed by atoms with van der Waals surface area (Å²) in [5.41, 5.74) is 2.48. The number of carbonyl (C=O) groups excluding carboxylic acids is 1. The molecular weight excluding hydrogens is 480 g/mol. The second-order valence-electron chi connectivity index (χ2n) is 15.1. The molecular formula is C36H56O3. The normalized spacial score (nSPS) is 38.5. The Labute approximate surface area is 238 Å². The lowest BCUT2D eigenvalue weighted by Crippen LogP contribution is -2.54. The maximum Gasteiger partial charge on any atom is 0.338 e. The molecule has 3 heteroatoms. The van der Waals surface area contributed by atoms with Gasteiger partial charge in [-0.1, -0.05) is 72.1 Å². The largest absolute Gasteiger partial charge is 0.459 e. The molecule has 0 aliphatic heterocycles. The fourth-order valence-electron chi connectivity index (χ4n) is 10.6. The molecule has 1 N–H and O–H groups in total. The Balaban J connectivity index is 1.22. The second kappa shape index (κ2) is 11.9. The number of ether oxygens (including phenoxy) is 1. The molecule has 4 saturated carbocycles. The van der Waals surface area contributed by atoms with Crippen molar-refractivity contribution in [3.8, 4) is 0 Å². The zero-order valence-electron chi connectivity index (χ0n) is 25.6. The number of aliphatic hydroxyl groups excluding tert-OH is 1. The van der Waals surface area contributed by atoms with E-state index in [0.29, 0.717) is 28.7 Å². The van der Waals surface area contributed by atoms with Crippen molar-refractivity contribution in [1.82, 2.24) is 0 Å². The van der Waals surface area contributed by atoms with E-state index in [0.717, 1.165) is 53.9 Å². The molecule has 4 aliphatic carbocycles. The molecule has 0 unspecified atom stereocenters. The minimum absolute atomic E-state index is 0.0331. The predicted molar refractivity (Wildman–Crippen MR) is 160 cm³/mol.